The summed E-state index contributed by atoms with van der Waals surface area (Å²) in [6, 6.07) is 6.24. The minimum Gasteiger partial charge on any atom is -0.325 e. The number of nitrogens with one attached hydrogen (secondary N) is 1. The summed E-state index contributed by atoms with van der Waals surface area (Å²) in [5, 5.41) is 2.92. The molecule has 0 saturated heterocycles. The summed E-state index contributed by atoms with van der Waals surface area (Å²) in [6.07, 6.45) is 3.05. The Kier molecular flexibility index (Phi) is 4.14. The van der Waals surface area contributed by atoms with Crippen LogP contribution in [0.1, 0.15) is 10.4 Å². The maximum absolute atomic E-state index is 11.9. The summed E-state index contributed by atoms with van der Waals surface area (Å²) in [6.45, 7) is 0. The van der Waals surface area contributed by atoms with E-state index in [0.29, 0.717) is 27.5 Å². The Bertz CT molecular complexity index is 565. The number of aromatic nitrogens is 2. The predicted molar refractivity (Wildman–Crippen MR) is 69.9 cm³/mol. The lowest BCUT2D eigenvalue weighted by atomic mass is 10.2. The minimum absolute atomic E-state index is 0.218. The van der Waals surface area contributed by atoms with Crippen LogP contribution in [0.25, 0.3) is 0 Å². The lowest BCUT2D eigenvalue weighted by Gasteiger charge is -2.05. The molecule has 92 valence electrons. The minimum atomic E-state index is -0.367. The van der Waals surface area contributed by atoms with E-state index in [2.05, 4.69) is 15.3 Å². The molecule has 18 heavy (non-hydrogen) atoms. The number of hydrogen-bond donors (Lipinski definition) is 2. The van der Waals surface area contributed by atoms with Crippen LogP contribution >= 0.6 is 23.6 Å². The van der Waals surface area contributed by atoms with Crippen molar-refractivity contribution in [1.82, 2.24) is 9.97 Å². The highest BCUT2D eigenvalue weighted by molar-refractivity contribution is 7.93. The number of halogens is 1. The Morgan fingerprint density at radius 2 is 2.06 bits per heavy atom. The van der Waals surface area contributed by atoms with Crippen molar-refractivity contribution >= 4 is 35.5 Å². The Morgan fingerprint density at radius 1 is 1.33 bits per heavy atom. The molecule has 2 aromatic rings. The fourth-order valence-corrected chi connectivity index (χ4v) is 1.81. The predicted octanol–water partition coefficient (Wildman–Crippen LogP) is 2.95. The molecule has 0 saturated carbocycles. The number of benzene rings is 1. The van der Waals surface area contributed by atoms with E-state index in [1.807, 2.05) is 0 Å². The van der Waals surface area contributed by atoms with Crippen molar-refractivity contribution < 1.29 is 9.35 Å². The quantitative estimate of drug-likeness (QED) is 0.846. The molecule has 0 aliphatic carbocycles. The van der Waals surface area contributed by atoms with Crippen LogP contribution in [0.2, 0.25) is 5.02 Å². The summed E-state index contributed by atoms with van der Waals surface area (Å²) < 4.78 is 8.99. The van der Waals surface area contributed by atoms with Gasteiger partial charge in [0.2, 0.25) is 5.95 Å². The van der Waals surface area contributed by atoms with E-state index in [1.165, 1.54) is 18.5 Å². The summed E-state index contributed by atoms with van der Waals surface area (Å²) in [5.74, 6) is -0.149. The second-order valence-corrected chi connectivity index (χ2v) is 4.29. The fourth-order valence-electron chi connectivity index (χ4n) is 1.25. The van der Waals surface area contributed by atoms with Gasteiger partial charge in [-0.25, -0.2) is 9.97 Å². The maximum atomic E-state index is 11.9. The smallest absolute Gasteiger partial charge is 0.258 e. The molecule has 1 amide bonds. The molecule has 2 rings (SSSR count). The topological polar surface area (TPSA) is 75.1 Å². The fraction of sp³-hybridized carbons (Fsp3) is 0. The molecule has 5 nitrogen and oxygen atoms in total. The average molecular weight is 282 g/mol. The standard InChI is InChI=1S/C11H8ClN3O2S/c12-8-3-2-7(6-9(8)18-17)10(16)15-11-13-4-1-5-14-11/h1-6,17H,(H,13,14,15,16). The van der Waals surface area contributed by atoms with Crippen LogP contribution in [0.15, 0.2) is 41.6 Å². The Hall–Kier alpha value is -1.63. The summed E-state index contributed by atoms with van der Waals surface area (Å²) in [7, 11) is 0. The molecule has 0 spiro atoms. The van der Waals surface area contributed by atoms with Crippen molar-refractivity contribution in [3.63, 3.8) is 0 Å². The lowest BCUT2D eigenvalue weighted by Crippen LogP contribution is -2.13. The lowest BCUT2D eigenvalue weighted by molar-refractivity contribution is 0.102. The summed E-state index contributed by atoms with van der Waals surface area (Å²) in [5.41, 5.74) is 0.364. The van der Waals surface area contributed by atoms with Crippen molar-refractivity contribution in [2.75, 3.05) is 5.32 Å². The van der Waals surface area contributed by atoms with Gasteiger partial charge in [-0.15, -0.1) is 0 Å². The van der Waals surface area contributed by atoms with Gasteiger partial charge in [0.15, 0.2) is 0 Å². The highest BCUT2D eigenvalue weighted by Gasteiger charge is 2.10. The molecular formula is C11H8ClN3O2S. The summed E-state index contributed by atoms with van der Waals surface area (Å²) in [4.78, 5) is 20.0. The van der Waals surface area contributed by atoms with E-state index in [-0.39, 0.29) is 11.9 Å². The van der Waals surface area contributed by atoms with E-state index in [9.17, 15) is 4.79 Å². The first-order valence-corrected chi connectivity index (χ1v) is 6.05. The third-order valence-electron chi connectivity index (χ3n) is 2.08. The third kappa shape index (κ3) is 2.98. The van der Waals surface area contributed by atoms with Gasteiger partial charge >= 0.3 is 0 Å². The molecule has 0 radical (unpaired) electrons. The molecule has 0 aliphatic rings. The van der Waals surface area contributed by atoms with Crippen LogP contribution < -0.4 is 5.32 Å². The second-order valence-electron chi connectivity index (χ2n) is 3.26. The van der Waals surface area contributed by atoms with Gasteiger partial charge in [0.1, 0.15) is 0 Å². The van der Waals surface area contributed by atoms with Gasteiger partial charge in [-0.1, -0.05) is 11.6 Å². The first-order chi connectivity index (χ1) is 8.70. The average Bonchev–Trinajstić information content (AvgIpc) is 2.40. The maximum Gasteiger partial charge on any atom is 0.258 e. The van der Waals surface area contributed by atoms with Crippen LogP contribution in [0, 0.1) is 0 Å². The molecule has 0 aliphatic heterocycles. The van der Waals surface area contributed by atoms with Gasteiger partial charge in [0.05, 0.1) is 9.92 Å². The molecular weight excluding hydrogens is 274 g/mol. The molecule has 1 aromatic carbocycles. The number of anilines is 1. The highest BCUT2D eigenvalue weighted by atomic mass is 35.5. The molecule has 0 bridgehead atoms. The van der Waals surface area contributed by atoms with Crippen LogP contribution in [-0.4, -0.2) is 20.4 Å². The second kappa shape index (κ2) is 5.81. The number of carbonyl (C=O) groups excluding carboxylic acids is 1. The Labute approximate surface area is 112 Å². The van der Waals surface area contributed by atoms with E-state index in [1.54, 1.807) is 18.2 Å². The molecule has 2 N–H and O–H groups in total. The number of carbonyl (C=O) groups is 1. The number of nitrogens with zero attached hydrogens (tertiary/aromatic N) is 2. The first kappa shape index (κ1) is 12.8. The van der Waals surface area contributed by atoms with Crippen LogP contribution in [-0.2, 0) is 0 Å². The number of hydrogen-bond acceptors (Lipinski definition) is 5. The zero-order valence-corrected chi connectivity index (χ0v) is 10.6. The van der Waals surface area contributed by atoms with Crippen molar-refractivity contribution in [2.45, 2.75) is 4.90 Å². The van der Waals surface area contributed by atoms with Gasteiger partial charge in [-0.2, -0.15) is 0 Å². The monoisotopic (exact) mass is 281 g/mol. The third-order valence-corrected chi connectivity index (χ3v) is 3.06. The summed E-state index contributed by atoms with van der Waals surface area (Å²) >= 11 is 6.31. The largest absolute Gasteiger partial charge is 0.325 e. The van der Waals surface area contributed by atoms with Gasteiger partial charge in [0, 0.05) is 30.0 Å². The zero-order valence-electron chi connectivity index (χ0n) is 9.00. The zero-order chi connectivity index (χ0) is 13.0. The van der Waals surface area contributed by atoms with E-state index < -0.39 is 0 Å². The number of amides is 1. The van der Waals surface area contributed by atoms with Gasteiger partial charge < -0.3 is 4.55 Å². The molecule has 0 fully saturated rings. The molecule has 0 atom stereocenters. The normalized spacial score (nSPS) is 10.1. The van der Waals surface area contributed by atoms with Crippen molar-refractivity contribution in [2.24, 2.45) is 0 Å². The highest BCUT2D eigenvalue weighted by Crippen LogP contribution is 2.26. The van der Waals surface area contributed by atoms with E-state index in [4.69, 9.17) is 16.2 Å². The van der Waals surface area contributed by atoms with Gasteiger partial charge in [-0.05, 0) is 24.3 Å². The Morgan fingerprint density at radius 3 is 2.72 bits per heavy atom. The van der Waals surface area contributed by atoms with Crippen molar-refractivity contribution in [1.29, 1.82) is 0 Å². The molecule has 1 aromatic heterocycles. The van der Waals surface area contributed by atoms with Crippen LogP contribution in [0.5, 0.6) is 0 Å². The van der Waals surface area contributed by atoms with Crippen molar-refractivity contribution in [3.8, 4) is 0 Å². The van der Waals surface area contributed by atoms with E-state index in [0.717, 1.165) is 0 Å². The number of rotatable bonds is 3. The first-order valence-electron chi connectivity index (χ1n) is 4.90. The van der Waals surface area contributed by atoms with Crippen molar-refractivity contribution in [3.05, 3.63) is 47.2 Å². The van der Waals surface area contributed by atoms with Gasteiger partial charge in [0.25, 0.3) is 5.91 Å². The van der Waals surface area contributed by atoms with Crippen LogP contribution in [0.4, 0.5) is 5.95 Å². The van der Waals surface area contributed by atoms with E-state index >= 15 is 0 Å². The molecule has 7 heteroatoms. The SMILES string of the molecule is O=C(Nc1ncccn1)c1ccc(Cl)c(SO)c1. The van der Waals surface area contributed by atoms with Gasteiger partial charge in [-0.3, -0.25) is 10.1 Å². The van der Waals surface area contributed by atoms with Crippen LogP contribution in [0.3, 0.4) is 0 Å². The Balaban J connectivity index is 2.19. The molecule has 0 unspecified atom stereocenters. The molecule has 1 heterocycles.